The number of fused-ring (bicyclic) bond motifs is 3. The lowest BCUT2D eigenvalue weighted by atomic mass is 10.1. The maximum absolute atomic E-state index is 12.9. The minimum absolute atomic E-state index is 0.0602. The molecule has 1 N–H and O–H groups in total. The van der Waals surface area contributed by atoms with Gasteiger partial charge < -0.3 is 0 Å². The maximum atomic E-state index is 12.9. The molecule has 124 valence electrons. The van der Waals surface area contributed by atoms with Crippen LogP contribution < -0.4 is 10.1 Å². The van der Waals surface area contributed by atoms with Crippen molar-refractivity contribution in [1.29, 1.82) is 0 Å². The van der Waals surface area contributed by atoms with Gasteiger partial charge in [-0.05, 0) is 43.3 Å². The third kappa shape index (κ3) is 2.20. The van der Waals surface area contributed by atoms with Crippen molar-refractivity contribution in [1.82, 2.24) is 9.90 Å². The largest absolute Gasteiger partial charge is 0.406 e. The van der Waals surface area contributed by atoms with Crippen LogP contribution in [-0.2, 0) is 0 Å². The first-order valence-corrected chi connectivity index (χ1v) is 7.85. The van der Waals surface area contributed by atoms with Crippen LogP contribution in [0.1, 0.15) is 5.56 Å². The van der Waals surface area contributed by atoms with Crippen LogP contribution in [0.3, 0.4) is 0 Å². The molecule has 8 heteroatoms. The average molecular weight is 356 g/mol. The Labute approximate surface area is 145 Å². The highest BCUT2D eigenvalue weighted by Gasteiger charge is 2.29. The summed E-state index contributed by atoms with van der Waals surface area (Å²) in [6, 6.07) is 13.7. The fourth-order valence-electron chi connectivity index (χ4n) is 3.08. The van der Waals surface area contributed by atoms with Crippen LogP contribution in [0.5, 0.6) is 0 Å². The molecule has 4 rings (SSSR count). The zero-order valence-electron chi connectivity index (χ0n) is 13.1. The molecule has 0 unspecified atom stereocenters. The molecule has 2 aromatic carbocycles. The Kier molecular flexibility index (Phi) is 3.33. The minimum Gasteiger partial charge on any atom is -0.258 e. The lowest BCUT2D eigenvalue weighted by Gasteiger charge is -2.01. The molecule has 0 atom stereocenters. The van der Waals surface area contributed by atoms with Gasteiger partial charge in [0.1, 0.15) is 5.39 Å². The van der Waals surface area contributed by atoms with Gasteiger partial charge in [0.25, 0.3) is 11.2 Å². The molecule has 2 aromatic heterocycles. The highest BCUT2D eigenvalue weighted by molar-refractivity contribution is 6.30. The molecule has 0 amide bonds. The summed E-state index contributed by atoms with van der Waals surface area (Å²) in [6.45, 7) is 1.58. The number of nitrogens with zero attached hydrogens (tertiary/aromatic N) is 3. The molecular formula is C17H12ClN4O3+. The fourth-order valence-corrected chi connectivity index (χ4v) is 3.21. The Hall–Kier alpha value is -3.19. The number of rotatable bonds is 2. The molecule has 0 fully saturated rings. The normalized spacial score (nSPS) is 11.3. The number of para-hydroxylation sites is 1. The van der Waals surface area contributed by atoms with Gasteiger partial charge in [0.2, 0.25) is 0 Å². The first-order valence-electron chi connectivity index (χ1n) is 7.47. The predicted octanol–water partition coefficient (Wildman–Crippen LogP) is 2.93. The molecule has 0 radical (unpaired) electrons. The summed E-state index contributed by atoms with van der Waals surface area (Å²) in [4.78, 5) is 24.0. The third-order valence-electron chi connectivity index (χ3n) is 4.21. The van der Waals surface area contributed by atoms with Gasteiger partial charge in [-0.1, -0.05) is 33.6 Å². The SMILES string of the molecule is Cc1c([N+](=O)[O-])c2ccccc2[n+]2[nH]n(-c3ccc(Cl)cc3)c(=O)c12. The van der Waals surface area contributed by atoms with E-state index in [4.69, 9.17) is 11.6 Å². The zero-order chi connectivity index (χ0) is 17.7. The molecule has 2 heterocycles. The Bertz CT molecular complexity index is 1210. The smallest absolute Gasteiger partial charge is 0.258 e. The van der Waals surface area contributed by atoms with Crippen molar-refractivity contribution in [2.24, 2.45) is 0 Å². The van der Waals surface area contributed by atoms with E-state index in [1.54, 1.807) is 60.0 Å². The Balaban J connectivity index is 2.18. The number of aromatic amines is 1. The number of hydrogen-bond acceptors (Lipinski definition) is 3. The Morgan fingerprint density at radius 3 is 2.52 bits per heavy atom. The second-order valence-corrected chi connectivity index (χ2v) is 6.09. The van der Waals surface area contributed by atoms with E-state index >= 15 is 0 Å². The third-order valence-corrected chi connectivity index (χ3v) is 4.46. The van der Waals surface area contributed by atoms with Gasteiger partial charge >= 0.3 is 5.56 Å². The van der Waals surface area contributed by atoms with E-state index in [0.717, 1.165) is 0 Å². The van der Waals surface area contributed by atoms with Crippen LogP contribution in [0.2, 0.25) is 5.02 Å². The van der Waals surface area contributed by atoms with Gasteiger partial charge in [0.15, 0.2) is 11.2 Å². The molecular weight excluding hydrogens is 344 g/mol. The fraction of sp³-hybridized carbons (Fsp3) is 0.0588. The molecule has 4 aromatic rings. The van der Waals surface area contributed by atoms with Crippen LogP contribution in [0.4, 0.5) is 5.69 Å². The molecule has 0 aliphatic rings. The van der Waals surface area contributed by atoms with E-state index in [0.29, 0.717) is 27.2 Å². The van der Waals surface area contributed by atoms with Crippen LogP contribution in [0.15, 0.2) is 53.3 Å². The quantitative estimate of drug-likeness (QED) is 0.341. The van der Waals surface area contributed by atoms with Crippen molar-refractivity contribution in [2.45, 2.75) is 6.92 Å². The summed E-state index contributed by atoms with van der Waals surface area (Å²) in [5.41, 5.74) is 1.27. The van der Waals surface area contributed by atoms with Gasteiger partial charge in [0, 0.05) is 5.02 Å². The number of aromatic nitrogens is 3. The minimum atomic E-state index is -0.448. The number of nitro groups is 1. The topological polar surface area (TPSA) is 85.0 Å². The van der Waals surface area contributed by atoms with Crippen molar-refractivity contribution >= 4 is 33.7 Å². The highest BCUT2D eigenvalue weighted by atomic mass is 35.5. The second-order valence-electron chi connectivity index (χ2n) is 5.65. The average Bonchev–Trinajstić information content (AvgIpc) is 2.94. The number of hydrogen-bond donors (Lipinski definition) is 1. The highest BCUT2D eigenvalue weighted by Crippen LogP contribution is 2.28. The summed E-state index contributed by atoms with van der Waals surface area (Å²) in [5.74, 6) is 0. The monoisotopic (exact) mass is 355 g/mol. The van der Waals surface area contributed by atoms with E-state index in [1.165, 1.54) is 4.68 Å². The number of benzene rings is 2. The van der Waals surface area contributed by atoms with Crippen molar-refractivity contribution in [3.05, 3.63) is 79.6 Å². The summed E-state index contributed by atoms with van der Waals surface area (Å²) >= 11 is 5.90. The summed E-state index contributed by atoms with van der Waals surface area (Å²) in [5, 5.41) is 15.6. The molecule has 7 nitrogen and oxygen atoms in total. The van der Waals surface area contributed by atoms with Gasteiger partial charge in [-0.15, -0.1) is 4.52 Å². The second kappa shape index (κ2) is 5.42. The Morgan fingerprint density at radius 2 is 1.84 bits per heavy atom. The van der Waals surface area contributed by atoms with Gasteiger partial charge in [-0.2, -0.15) is 0 Å². The first-order chi connectivity index (χ1) is 12.0. The van der Waals surface area contributed by atoms with Crippen LogP contribution in [-0.4, -0.2) is 14.8 Å². The van der Waals surface area contributed by atoms with Crippen molar-refractivity contribution in [3.63, 3.8) is 0 Å². The van der Waals surface area contributed by atoms with Gasteiger partial charge in [-0.25, -0.2) is 4.79 Å². The zero-order valence-corrected chi connectivity index (χ0v) is 13.8. The molecule has 0 bridgehead atoms. The first kappa shape index (κ1) is 15.3. The van der Waals surface area contributed by atoms with E-state index in [9.17, 15) is 14.9 Å². The maximum Gasteiger partial charge on any atom is 0.406 e. The Morgan fingerprint density at radius 1 is 1.16 bits per heavy atom. The van der Waals surface area contributed by atoms with E-state index < -0.39 is 4.92 Å². The molecule has 0 saturated carbocycles. The number of pyridine rings is 1. The van der Waals surface area contributed by atoms with Gasteiger partial charge in [-0.3, -0.25) is 10.1 Å². The van der Waals surface area contributed by atoms with Crippen LogP contribution >= 0.6 is 11.6 Å². The lowest BCUT2D eigenvalue weighted by molar-refractivity contribution is -0.556. The molecule has 25 heavy (non-hydrogen) atoms. The lowest BCUT2D eigenvalue weighted by Crippen LogP contribution is -2.27. The standard InChI is InChI=1S/C17H11ClN4O3/c1-10-15(22(24)25)13-4-2-3-5-14(13)21-16(10)17(23)20(19-21)12-8-6-11(18)7-9-12/h2-9H,1H3/p+1. The number of nitrogens with one attached hydrogen (secondary N) is 1. The summed E-state index contributed by atoms with van der Waals surface area (Å²) < 4.78 is 2.92. The van der Waals surface area contributed by atoms with E-state index in [2.05, 4.69) is 5.21 Å². The molecule has 0 aliphatic carbocycles. The van der Waals surface area contributed by atoms with Gasteiger partial charge in [0.05, 0.1) is 10.5 Å². The van der Waals surface area contributed by atoms with E-state index in [1.807, 2.05) is 0 Å². The molecule has 0 spiro atoms. The molecule has 0 saturated heterocycles. The number of H-pyrrole nitrogens is 1. The summed E-state index contributed by atoms with van der Waals surface area (Å²) in [7, 11) is 0. The van der Waals surface area contributed by atoms with Crippen LogP contribution in [0.25, 0.3) is 22.1 Å². The van der Waals surface area contributed by atoms with Crippen molar-refractivity contribution < 1.29 is 9.44 Å². The number of halogens is 1. The van der Waals surface area contributed by atoms with Crippen molar-refractivity contribution in [2.75, 3.05) is 0 Å². The van der Waals surface area contributed by atoms with Crippen molar-refractivity contribution in [3.8, 4) is 5.69 Å². The predicted molar refractivity (Wildman–Crippen MR) is 93.5 cm³/mol. The molecule has 0 aliphatic heterocycles. The summed E-state index contributed by atoms with van der Waals surface area (Å²) in [6.07, 6.45) is 0. The van der Waals surface area contributed by atoms with E-state index in [-0.39, 0.29) is 16.8 Å². The van der Waals surface area contributed by atoms with Crippen LogP contribution in [0, 0.1) is 17.0 Å². The number of aryl methyl sites for hydroxylation is 1.